The summed E-state index contributed by atoms with van der Waals surface area (Å²) in [5, 5.41) is 3.71. The molecule has 0 spiro atoms. The van der Waals surface area contributed by atoms with Gasteiger partial charge in [-0.25, -0.2) is 4.21 Å². The summed E-state index contributed by atoms with van der Waals surface area (Å²) < 4.78 is 23.7. The third-order valence-electron chi connectivity index (χ3n) is 5.29. The van der Waals surface area contributed by atoms with Gasteiger partial charge in [-0.15, -0.1) is 12.6 Å². The van der Waals surface area contributed by atoms with Crippen LogP contribution in [-0.4, -0.2) is 29.0 Å². The molecule has 1 fully saturated rings. The van der Waals surface area contributed by atoms with E-state index in [2.05, 4.69) is 60.2 Å². The fourth-order valence-corrected chi connectivity index (χ4v) is 4.73. The summed E-state index contributed by atoms with van der Waals surface area (Å²) in [5.41, 5.74) is 3.48. The Labute approximate surface area is 166 Å². The number of nitrogens with one attached hydrogen (secondary N) is 1. The highest BCUT2D eigenvalue weighted by atomic mass is 32.2. The van der Waals surface area contributed by atoms with Gasteiger partial charge in [-0.1, -0.05) is 30.3 Å². The number of fused-ring (bicyclic) bond motifs is 3. The van der Waals surface area contributed by atoms with E-state index in [0.717, 1.165) is 29.0 Å². The van der Waals surface area contributed by atoms with Crippen LogP contribution in [0.25, 0.3) is 0 Å². The van der Waals surface area contributed by atoms with Crippen LogP contribution < -0.4 is 5.32 Å². The molecule has 144 valence electrons. The van der Waals surface area contributed by atoms with E-state index in [1.165, 1.54) is 11.8 Å². The average Bonchev–Trinajstić information content (AvgIpc) is 2.66. The molecule has 2 aliphatic heterocycles. The van der Waals surface area contributed by atoms with Gasteiger partial charge in [0.2, 0.25) is 0 Å². The van der Waals surface area contributed by atoms with Crippen molar-refractivity contribution in [2.75, 3.05) is 18.2 Å². The SMILES string of the molecule is C=S(C)(=O)OCC1CCC2C(O1)c1cc(S)ccc1N[C@H]2c1ccccc1. The van der Waals surface area contributed by atoms with Crippen LogP contribution in [0.2, 0.25) is 0 Å². The molecule has 2 aliphatic rings. The van der Waals surface area contributed by atoms with Crippen LogP contribution in [0.5, 0.6) is 0 Å². The first-order valence-corrected chi connectivity index (χ1v) is 11.7. The molecule has 1 N–H and O–H groups in total. The van der Waals surface area contributed by atoms with Gasteiger partial charge in [0.1, 0.15) is 0 Å². The maximum Gasteiger partial charge on any atom is 0.0901 e. The van der Waals surface area contributed by atoms with E-state index in [-0.39, 0.29) is 18.2 Å². The Balaban J connectivity index is 1.65. The number of ether oxygens (including phenoxy) is 1. The van der Waals surface area contributed by atoms with Gasteiger partial charge in [0.15, 0.2) is 0 Å². The molecule has 2 heterocycles. The van der Waals surface area contributed by atoms with E-state index in [1.54, 1.807) is 0 Å². The Morgan fingerprint density at radius 1 is 1.26 bits per heavy atom. The topological polar surface area (TPSA) is 47.6 Å². The molecule has 27 heavy (non-hydrogen) atoms. The van der Waals surface area contributed by atoms with E-state index >= 15 is 0 Å². The Bertz CT molecular complexity index is 914. The van der Waals surface area contributed by atoms with Crippen molar-refractivity contribution in [3.63, 3.8) is 0 Å². The van der Waals surface area contributed by atoms with E-state index in [4.69, 9.17) is 8.92 Å². The second-order valence-corrected chi connectivity index (χ2v) is 10.0. The highest BCUT2D eigenvalue weighted by Gasteiger charge is 2.42. The summed E-state index contributed by atoms with van der Waals surface area (Å²) in [6.07, 6.45) is 3.26. The lowest BCUT2D eigenvalue weighted by Gasteiger charge is -2.45. The summed E-state index contributed by atoms with van der Waals surface area (Å²) >= 11 is 4.51. The zero-order valence-electron chi connectivity index (χ0n) is 15.3. The molecule has 0 saturated carbocycles. The maximum absolute atomic E-state index is 11.8. The first-order chi connectivity index (χ1) is 12.9. The van der Waals surface area contributed by atoms with Crippen LogP contribution in [0.15, 0.2) is 53.4 Å². The van der Waals surface area contributed by atoms with Gasteiger partial charge >= 0.3 is 0 Å². The van der Waals surface area contributed by atoms with Gasteiger partial charge in [-0.05, 0) is 42.5 Å². The van der Waals surface area contributed by atoms with Crippen LogP contribution in [-0.2, 0) is 18.7 Å². The lowest BCUT2D eigenvalue weighted by Crippen LogP contribution is -2.40. The molecular weight excluding hydrogens is 378 g/mol. The Hall–Kier alpha value is -1.47. The minimum atomic E-state index is -2.48. The molecule has 1 saturated heterocycles. The molecule has 4 nitrogen and oxygen atoms in total. The minimum absolute atomic E-state index is 0.0429. The summed E-state index contributed by atoms with van der Waals surface area (Å²) in [4.78, 5) is 0.920. The van der Waals surface area contributed by atoms with Crippen molar-refractivity contribution in [2.45, 2.75) is 36.0 Å². The highest BCUT2D eigenvalue weighted by molar-refractivity contribution is 7.95. The number of anilines is 1. The molecular formula is C21H25NO3S2. The van der Waals surface area contributed by atoms with Crippen LogP contribution in [0.3, 0.4) is 0 Å². The molecule has 0 bridgehead atoms. The first-order valence-electron chi connectivity index (χ1n) is 9.17. The van der Waals surface area contributed by atoms with E-state index in [9.17, 15) is 4.21 Å². The van der Waals surface area contributed by atoms with Gasteiger partial charge in [0.25, 0.3) is 0 Å². The third kappa shape index (κ3) is 4.19. The Morgan fingerprint density at radius 2 is 2.04 bits per heavy atom. The van der Waals surface area contributed by atoms with Crippen molar-refractivity contribution >= 4 is 34.0 Å². The first kappa shape index (κ1) is 18.9. The average molecular weight is 404 g/mol. The zero-order chi connectivity index (χ0) is 19.0. The van der Waals surface area contributed by atoms with Gasteiger partial charge in [-0.3, -0.25) is 4.18 Å². The van der Waals surface area contributed by atoms with Crippen molar-refractivity contribution in [1.29, 1.82) is 0 Å². The molecule has 2 aromatic rings. The van der Waals surface area contributed by atoms with Crippen LogP contribution >= 0.6 is 12.6 Å². The molecule has 0 radical (unpaired) electrons. The highest BCUT2D eigenvalue weighted by Crippen LogP contribution is 2.50. The summed E-state index contributed by atoms with van der Waals surface area (Å²) in [6.45, 7) is 0.307. The molecule has 6 heteroatoms. The fourth-order valence-electron chi connectivity index (χ4n) is 4.08. The molecule has 5 atom stereocenters. The Morgan fingerprint density at radius 3 is 2.78 bits per heavy atom. The van der Waals surface area contributed by atoms with Crippen LogP contribution in [0, 0.1) is 5.92 Å². The van der Waals surface area contributed by atoms with E-state index in [1.807, 2.05) is 12.1 Å². The van der Waals surface area contributed by atoms with Gasteiger partial charge in [0.05, 0.1) is 34.7 Å². The van der Waals surface area contributed by atoms with Gasteiger partial charge in [-0.2, -0.15) is 0 Å². The van der Waals surface area contributed by atoms with Crippen LogP contribution in [0.1, 0.15) is 36.1 Å². The Kier molecular flexibility index (Phi) is 5.25. The van der Waals surface area contributed by atoms with Crippen molar-refractivity contribution in [1.82, 2.24) is 0 Å². The van der Waals surface area contributed by atoms with Gasteiger partial charge < -0.3 is 10.1 Å². The molecule has 4 rings (SSSR count). The molecule has 0 amide bonds. The number of benzene rings is 2. The van der Waals surface area contributed by atoms with Crippen molar-refractivity contribution < 1.29 is 13.1 Å². The predicted molar refractivity (Wildman–Crippen MR) is 114 cm³/mol. The van der Waals surface area contributed by atoms with Crippen LogP contribution in [0.4, 0.5) is 5.69 Å². The number of hydrogen-bond acceptors (Lipinski definition) is 5. The summed E-state index contributed by atoms with van der Waals surface area (Å²) in [6, 6.07) is 16.9. The maximum atomic E-state index is 11.8. The standard InChI is InChI=1S/C21H25NO3S2/c1-27(2,23)24-13-15-8-10-17-20(14-6-4-3-5-7-14)22-19-11-9-16(26)12-18(19)21(17)25-15/h3-7,9,11-12,15,17,20-22,26H,1,8,10,13H2,2H3/t15?,17?,20-,21?,27?/m0/s1. The fraction of sp³-hybridized carbons (Fsp3) is 0.381. The number of rotatable bonds is 4. The normalized spacial score (nSPS) is 29.1. The smallest absolute Gasteiger partial charge is 0.0901 e. The summed E-state index contributed by atoms with van der Waals surface area (Å²) in [7, 11) is -2.48. The molecule has 0 aliphatic carbocycles. The quantitative estimate of drug-likeness (QED) is 0.592. The second-order valence-electron chi connectivity index (χ2n) is 7.43. The lowest BCUT2D eigenvalue weighted by atomic mass is 9.76. The van der Waals surface area contributed by atoms with E-state index < -0.39 is 9.80 Å². The zero-order valence-corrected chi connectivity index (χ0v) is 17.0. The van der Waals surface area contributed by atoms with Crippen molar-refractivity contribution in [2.24, 2.45) is 5.92 Å². The lowest BCUT2D eigenvalue weighted by molar-refractivity contribution is -0.105. The number of thiol groups is 1. The molecule has 0 aromatic heterocycles. The molecule has 2 aromatic carbocycles. The number of hydrogen-bond donors (Lipinski definition) is 2. The largest absolute Gasteiger partial charge is 0.378 e. The van der Waals surface area contributed by atoms with E-state index in [0.29, 0.717) is 12.5 Å². The monoisotopic (exact) mass is 403 g/mol. The third-order valence-corrected chi connectivity index (χ3v) is 6.21. The second kappa shape index (κ2) is 7.51. The minimum Gasteiger partial charge on any atom is -0.378 e. The summed E-state index contributed by atoms with van der Waals surface area (Å²) in [5.74, 6) is 3.88. The van der Waals surface area contributed by atoms with Crippen molar-refractivity contribution in [3.05, 3.63) is 59.7 Å². The van der Waals surface area contributed by atoms with Gasteiger partial charge in [0, 0.05) is 28.3 Å². The molecule has 4 unspecified atom stereocenters. The van der Waals surface area contributed by atoms with Crippen molar-refractivity contribution in [3.8, 4) is 0 Å². The predicted octanol–water partition coefficient (Wildman–Crippen LogP) is 4.26.